The summed E-state index contributed by atoms with van der Waals surface area (Å²) in [6.45, 7) is 4.27. The molecule has 0 unspecified atom stereocenters. The zero-order valence-electron chi connectivity index (χ0n) is 12.6. The van der Waals surface area contributed by atoms with E-state index in [1.165, 1.54) is 29.5 Å². The number of carbonyl (C=O) groups excluding carboxylic acids is 1. The average Bonchev–Trinajstić information content (AvgIpc) is 2.55. The maximum absolute atomic E-state index is 12.4. The van der Waals surface area contributed by atoms with Crippen LogP contribution in [0.15, 0.2) is 42.5 Å². The third kappa shape index (κ3) is 3.24. The first kappa shape index (κ1) is 14.1. The highest BCUT2D eigenvalue weighted by Crippen LogP contribution is 2.18. The highest BCUT2D eigenvalue weighted by molar-refractivity contribution is 5.96. The van der Waals surface area contributed by atoms with E-state index in [1.807, 2.05) is 31.2 Å². The number of likely N-dealkylation sites (tertiary alicyclic amines) is 1. The van der Waals surface area contributed by atoms with E-state index in [0.29, 0.717) is 0 Å². The van der Waals surface area contributed by atoms with Crippen molar-refractivity contribution >= 4 is 22.4 Å². The Bertz CT molecular complexity index is 632. The Hall–Kier alpha value is -1.87. The van der Waals surface area contributed by atoms with E-state index in [9.17, 15) is 4.79 Å². The lowest BCUT2D eigenvalue weighted by molar-refractivity contribution is -0.918. The lowest BCUT2D eigenvalue weighted by atomic mass is 10.1. The van der Waals surface area contributed by atoms with Gasteiger partial charge in [0.25, 0.3) is 5.91 Å². The second-order valence-corrected chi connectivity index (χ2v) is 5.99. The molecule has 1 aliphatic heterocycles. The van der Waals surface area contributed by atoms with E-state index < -0.39 is 0 Å². The third-order valence-corrected chi connectivity index (χ3v) is 4.52. The van der Waals surface area contributed by atoms with Gasteiger partial charge in [-0.3, -0.25) is 4.79 Å². The molecule has 1 aliphatic rings. The number of nitrogens with one attached hydrogen (secondary N) is 2. The van der Waals surface area contributed by atoms with Crippen molar-refractivity contribution in [1.82, 2.24) is 0 Å². The van der Waals surface area contributed by atoms with Crippen molar-refractivity contribution < 1.29 is 9.69 Å². The first-order valence-corrected chi connectivity index (χ1v) is 7.88. The topological polar surface area (TPSA) is 33.5 Å². The fraction of sp³-hybridized carbons (Fsp3) is 0.389. The van der Waals surface area contributed by atoms with E-state index in [0.717, 1.165) is 24.2 Å². The molecule has 1 saturated heterocycles. The van der Waals surface area contributed by atoms with Gasteiger partial charge in [0.2, 0.25) is 0 Å². The van der Waals surface area contributed by atoms with Gasteiger partial charge in [-0.1, -0.05) is 30.3 Å². The van der Waals surface area contributed by atoms with Crippen molar-refractivity contribution in [1.29, 1.82) is 0 Å². The number of anilines is 1. The number of carbonyl (C=O) groups is 1. The molecule has 0 aromatic heterocycles. The Kier molecular flexibility index (Phi) is 4.20. The van der Waals surface area contributed by atoms with Crippen LogP contribution in [0.4, 0.5) is 5.69 Å². The highest BCUT2D eigenvalue weighted by atomic mass is 16.2. The van der Waals surface area contributed by atoms with E-state index >= 15 is 0 Å². The van der Waals surface area contributed by atoms with Gasteiger partial charge in [-0.15, -0.1) is 0 Å². The van der Waals surface area contributed by atoms with Crippen molar-refractivity contribution in [3.8, 4) is 0 Å². The maximum Gasteiger partial charge on any atom is 0.282 e. The molecule has 2 aromatic rings. The van der Waals surface area contributed by atoms with Gasteiger partial charge in [0.1, 0.15) is 0 Å². The molecule has 1 fully saturated rings. The quantitative estimate of drug-likeness (QED) is 0.890. The maximum atomic E-state index is 12.4. The van der Waals surface area contributed by atoms with E-state index in [1.54, 1.807) is 0 Å². The van der Waals surface area contributed by atoms with Crippen molar-refractivity contribution in [2.45, 2.75) is 32.2 Å². The van der Waals surface area contributed by atoms with Crippen LogP contribution in [0.1, 0.15) is 26.2 Å². The van der Waals surface area contributed by atoms with Crippen molar-refractivity contribution in [2.24, 2.45) is 0 Å². The van der Waals surface area contributed by atoms with Gasteiger partial charge in [-0.25, -0.2) is 0 Å². The van der Waals surface area contributed by atoms with Gasteiger partial charge in [-0.05, 0) is 49.1 Å². The van der Waals surface area contributed by atoms with Gasteiger partial charge in [0.15, 0.2) is 6.04 Å². The molecule has 0 radical (unpaired) electrons. The summed E-state index contributed by atoms with van der Waals surface area (Å²) in [4.78, 5) is 13.8. The van der Waals surface area contributed by atoms with Crippen LogP contribution in [-0.4, -0.2) is 25.0 Å². The van der Waals surface area contributed by atoms with Gasteiger partial charge in [0, 0.05) is 5.69 Å². The molecular formula is C18H23N2O+. The van der Waals surface area contributed by atoms with E-state index in [4.69, 9.17) is 0 Å². The summed E-state index contributed by atoms with van der Waals surface area (Å²) in [5.41, 5.74) is 0.891. The summed E-state index contributed by atoms with van der Waals surface area (Å²) in [6, 6.07) is 14.3. The molecule has 2 aromatic carbocycles. The molecule has 3 nitrogen and oxygen atoms in total. The number of hydrogen-bond donors (Lipinski definition) is 2. The van der Waals surface area contributed by atoms with Crippen LogP contribution >= 0.6 is 0 Å². The summed E-state index contributed by atoms with van der Waals surface area (Å²) in [7, 11) is 0. The average molecular weight is 283 g/mol. The van der Waals surface area contributed by atoms with Gasteiger partial charge >= 0.3 is 0 Å². The third-order valence-electron chi connectivity index (χ3n) is 4.52. The normalized spacial score (nSPS) is 17.6. The standard InChI is InChI=1S/C18H22N2O/c1-14(20-11-5-2-6-12-20)18(21)19-17-10-9-15-7-3-4-8-16(15)13-17/h3-4,7-10,13-14H,2,5-6,11-12H2,1H3,(H,19,21)/p+1/t14-/m0/s1. The number of rotatable bonds is 3. The zero-order valence-corrected chi connectivity index (χ0v) is 12.6. The molecule has 21 heavy (non-hydrogen) atoms. The number of quaternary nitrogens is 1. The fourth-order valence-corrected chi connectivity index (χ4v) is 3.14. The van der Waals surface area contributed by atoms with Crippen molar-refractivity contribution in [3.63, 3.8) is 0 Å². The molecule has 1 amide bonds. The lowest BCUT2D eigenvalue weighted by Gasteiger charge is -2.28. The number of amides is 1. The Balaban J connectivity index is 1.70. The van der Waals surface area contributed by atoms with Crippen LogP contribution in [0, 0.1) is 0 Å². The molecule has 1 heterocycles. The molecule has 0 aliphatic carbocycles. The zero-order chi connectivity index (χ0) is 14.7. The highest BCUT2D eigenvalue weighted by Gasteiger charge is 2.26. The van der Waals surface area contributed by atoms with Crippen LogP contribution in [0.3, 0.4) is 0 Å². The summed E-state index contributed by atoms with van der Waals surface area (Å²) >= 11 is 0. The lowest BCUT2D eigenvalue weighted by Crippen LogP contribution is -3.17. The molecule has 0 spiro atoms. The molecule has 1 atom stereocenters. The molecule has 0 bridgehead atoms. The summed E-state index contributed by atoms with van der Waals surface area (Å²) < 4.78 is 0. The number of fused-ring (bicyclic) bond motifs is 1. The predicted octanol–water partition coefficient (Wildman–Crippen LogP) is 2.24. The second-order valence-electron chi connectivity index (χ2n) is 5.99. The number of benzene rings is 2. The summed E-state index contributed by atoms with van der Waals surface area (Å²) in [5, 5.41) is 5.43. The molecule has 2 N–H and O–H groups in total. The monoisotopic (exact) mass is 283 g/mol. The first-order chi connectivity index (χ1) is 10.2. The molecule has 3 rings (SSSR count). The number of hydrogen-bond acceptors (Lipinski definition) is 1. The van der Waals surface area contributed by atoms with Gasteiger partial charge < -0.3 is 10.2 Å². The van der Waals surface area contributed by atoms with Crippen LogP contribution in [0.2, 0.25) is 0 Å². The first-order valence-electron chi connectivity index (χ1n) is 7.88. The van der Waals surface area contributed by atoms with Gasteiger partial charge in [-0.2, -0.15) is 0 Å². The second kappa shape index (κ2) is 6.27. The number of piperidine rings is 1. The largest absolute Gasteiger partial charge is 0.325 e. The smallest absolute Gasteiger partial charge is 0.282 e. The fourth-order valence-electron chi connectivity index (χ4n) is 3.14. The Morgan fingerprint density at radius 1 is 1.05 bits per heavy atom. The molecular weight excluding hydrogens is 260 g/mol. The Labute approximate surface area is 125 Å². The summed E-state index contributed by atoms with van der Waals surface area (Å²) in [5.74, 6) is 0.127. The van der Waals surface area contributed by atoms with Crippen LogP contribution < -0.4 is 10.2 Å². The van der Waals surface area contributed by atoms with Crippen LogP contribution in [0.5, 0.6) is 0 Å². The van der Waals surface area contributed by atoms with Crippen LogP contribution in [-0.2, 0) is 4.79 Å². The van der Waals surface area contributed by atoms with E-state index in [2.05, 4.69) is 23.5 Å². The van der Waals surface area contributed by atoms with Gasteiger partial charge in [0.05, 0.1) is 13.1 Å². The molecule has 110 valence electrons. The van der Waals surface area contributed by atoms with Crippen molar-refractivity contribution in [2.75, 3.05) is 18.4 Å². The Morgan fingerprint density at radius 2 is 1.76 bits per heavy atom. The molecule has 3 heteroatoms. The van der Waals surface area contributed by atoms with Crippen LogP contribution in [0.25, 0.3) is 10.8 Å². The molecule has 0 saturated carbocycles. The minimum atomic E-state index is 0.0248. The predicted molar refractivity (Wildman–Crippen MR) is 86.6 cm³/mol. The summed E-state index contributed by atoms with van der Waals surface area (Å²) in [6.07, 6.45) is 3.79. The minimum Gasteiger partial charge on any atom is -0.325 e. The Morgan fingerprint density at radius 3 is 2.52 bits per heavy atom. The van der Waals surface area contributed by atoms with E-state index in [-0.39, 0.29) is 11.9 Å². The SMILES string of the molecule is C[C@@H](C(=O)Nc1ccc2ccccc2c1)[NH+]1CCCCC1. The minimum absolute atomic E-state index is 0.0248. The van der Waals surface area contributed by atoms with Crippen molar-refractivity contribution in [3.05, 3.63) is 42.5 Å².